The minimum Gasteiger partial charge on any atom is -0.454 e. The summed E-state index contributed by atoms with van der Waals surface area (Å²) in [5.74, 6) is 0.279. The molecule has 2 aromatic rings. The van der Waals surface area contributed by atoms with Crippen LogP contribution in [0.2, 0.25) is 0 Å². The monoisotopic (exact) mass is 316 g/mol. The molecule has 0 saturated carbocycles. The topological polar surface area (TPSA) is 61.8 Å². The lowest BCUT2D eigenvalue weighted by Crippen LogP contribution is -2.12. The van der Waals surface area contributed by atoms with Crippen molar-refractivity contribution in [3.8, 4) is 11.5 Å². The molecule has 0 unspecified atom stereocenters. The van der Waals surface area contributed by atoms with E-state index in [-0.39, 0.29) is 19.2 Å². The highest BCUT2D eigenvalue weighted by Crippen LogP contribution is 2.32. The van der Waals surface area contributed by atoms with Gasteiger partial charge in [0.2, 0.25) is 6.79 Å². The highest BCUT2D eigenvalue weighted by Gasteiger charge is 2.16. The molecule has 0 N–H and O–H groups in total. The van der Waals surface area contributed by atoms with E-state index in [1.54, 1.807) is 24.3 Å². The van der Waals surface area contributed by atoms with Gasteiger partial charge in [-0.2, -0.15) is 0 Å². The Bertz CT molecular complexity index is 718. The number of carbonyl (C=O) groups is 2. The van der Waals surface area contributed by atoms with E-state index in [9.17, 15) is 9.59 Å². The van der Waals surface area contributed by atoms with Gasteiger partial charge < -0.3 is 14.2 Å². The minimum absolute atomic E-state index is 0.148. The molecule has 0 amide bonds. The van der Waals surface area contributed by atoms with Crippen molar-refractivity contribution in [1.82, 2.24) is 0 Å². The van der Waals surface area contributed by atoms with Crippen molar-refractivity contribution in [3.63, 3.8) is 0 Å². The maximum Gasteiger partial charge on any atom is 0.331 e. The Labute approximate surface area is 130 Å². The van der Waals surface area contributed by atoms with Crippen LogP contribution >= 0.6 is 11.3 Å². The Balaban J connectivity index is 1.55. The molecule has 0 fully saturated rings. The second-order valence-corrected chi connectivity index (χ2v) is 5.43. The molecule has 0 saturated heterocycles. The molecule has 0 bridgehead atoms. The Morgan fingerprint density at radius 2 is 2.09 bits per heavy atom. The van der Waals surface area contributed by atoms with Crippen molar-refractivity contribution in [2.75, 3.05) is 13.4 Å². The first-order valence-corrected chi connectivity index (χ1v) is 7.41. The number of carbonyl (C=O) groups excluding carboxylic acids is 2. The predicted octanol–water partition coefficient (Wildman–Crippen LogP) is 2.92. The fourth-order valence-electron chi connectivity index (χ4n) is 1.87. The van der Waals surface area contributed by atoms with Crippen LogP contribution in [-0.2, 0) is 9.53 Å². The Morgan fingerprint density at radius 3 is 2.91 bits per heavy atom. The van der Waals surface area contributed by atoms with Crippen molar-refractivity contribution in [1.29, 1.82) is 0 Å². The Kier molecular flexibility index (Phi) is 4.20. The number of hydrogen-bond acceptors (Lipinski definition) is 6. The van der Waals surface area contributed by atoms with E-state index in [0.29, 0.717) is 17.1 Å². The van der Waals surface area contributed by atoms with Gasteiger partial charge >= 0.3 is 5.97 Å². The molecule has 1 aliphatic rings. The maximum absolute atomic E-state index is 12.0. The fraction of sp³-hybridized carbons (Fsp3) is 0.125. The predicted molar refractivity (Wildman–Crippen MR) is 81.2 cm³/mol. The molecular formula is C16H12O5S. The van der Waals surface area contributed by atoms with Crippen LogP contribution in [0.3, 0.4) is 0 Å². The largest absolute Gasteiger partial charge is 0.454 e. The van der Waals surface area contributed by atoms with Gasteiger partial charge in [-0.25, -0.2) is 4.79 Å². The third kappa shape index (κ3) is 3.35. The lowest BCUT2D eigenvalue weighted by Gasteiger charge is -2.03. The van der Waals surface area contributed by atoms with Gasteiger partial charge in [0.15, 0.2) is 23.9 Å². The van der Waals surface area contributed by atoms with Crippen molar-refractivity contribution < 1.29 is 23.8 Å². The molecule has 22 heavy (non-hydrogen) atoms. The van der Waals surface area contributed by atoms with E-state index >= 15 is 0 Å². The van der Waals surface area contributed by atoms with Gasteiger partial charge in [0.25, 0.3) is 0 Å². The summed E-state index contributed by atoms with van der Waals surface area (Å²) in [5.41, 5.74) is 0.416. The molecule has 1 aliphatic heterocycles. The minimum atomic E-state index is -0.553. The summed E-state index contributed by atoms with van der Waals surface area (Å²) in [4.78, 5) is 24.5. The van der Waals surface area contributed by atoms with E-state index in [4.69, 9.17) is 14.2 Å². The summed E-state index contributed by atoms with van der Waals surface area (Å²) < 4.78 is 15.3. The average Bonchev–Trinajstić information content (AvgIpc) is 3.20. The maximum atomic E-state index is 12.0. The number of rotatable bonds is 5. The van der Waals surface area contributed by atoms with E-state index in [1.807, 2.05) is 17.5 Å². The second kappa shape index (κ2) is 6.44. The van der Waals surface area contributed by atoms with Gasteiger partial charge in [-0.3, -0.25) is 4.79 Å². The number of thiophene rings is 1. The molecule has 6 heteroatoms. The zero-order valence-electron chi connectivity index (χ0n) is 11.5. The van der Waals surface area contributed by atoms with Crippen LogP contribution in [0.25, 0.3) is 6.08 Å². The molecule has 0 radical (unpaired) electrons. The fourth-order valence-corrected chi connectivity index (χ4v) is 2.49. The number of benzene rings is 1. The van der Waals surface area contributed by atoms with E-state index in [1.165, 1.54) is 17.4 Å². The lowest BCUT2D eigenvalue weighted by molar-refractivity contribution is -0.136. The molecule has 0 atom stereocenters. The van der Waals surface area contributed by atoms with E-state index in [0.717, 1.165) is 4.88 Å². The summed E-state index contributed by atoms with van der Waals surface area (Å²) in [6.45, 7) is -0.164. The van der Waals surface area contributed by atoms with Gasteiger partial charge in [0.05, 0.1) is 0 Å². The van der Waals surface area contributed by atoms with Crippen molar-refractivity contribution in [2.24, 2.45) is 0 Å². The van der Waals surface area contributed by atoms with E-state index < -0.39 is 5.97 Å². The number of fused-ring (bicyclic) bond motifs is 1. The Morgan fingerprint density at radius 1 is 1.23 bits per heavy atom. The van der Waals surface area contributed by atoms with Crippen molar-refractivity contribution in [2.45, 2.75) is 0 Å². The third-order valence-electron chi connectivity index (χ3n) is 2.97. The van der Waals surface area contributed by atoms with Crippen LogP contribution in [0.4, 0.5) is 0 Å². The average molecular weight is 316 g/mol. The summed E-state index contributed by atoms with van der Waals surface area (Å²) in [6, 6.07) is 8.63. The molecule has 5 nitrogen and oxygen atoms in total. The molecule has 1 aromatic heterocycles. The standard InChI is InChI=1S/C16H12O5S/c17-13(11-3-5-14-15(8-11)21-10-20-14)9-19-16(18)6-4-12-2-1-7-22-12/h1-8H,9-10H2/b6-4+. The number of Topliss-reactive ketones (excluding diaryl/α,β-unsaturated/α-hetero) is 1. The van der Waals surface area contributed by atoms with Crippen LogP contribution in [0, 0.1) is 0 Å². The zero-order valence-corrected chi connectivity index (χ0v) is 12.3. The molecule has 0 aliphatic carbocycles. The van der Waals surface area contributed by atoms with Crippen LogP contribution in [-0.4, -0.2) is 25.2 Å². The number of ether oxygens (including phenoxy) is 3. The van der Waals surface area contributed by atoms with E-state index in [2.05, 4.69) is 0 Å². The van der Waals surface area contributed by atoms with Crippen LogP contribution in [0.15, 0.2) is 41.8 Å². The first-order chi connectivity index (χ1) is 10.7. The van der Waals surface area contributed by atoms with Gasteiger partial charge in [-0.1, -0.05) is 6.07 Å². The SMILES string of the molecule is O=C(/C=C/c1cccs1)OCC(=O)c1ccc2c(c1)OCO2. The zero-order chi connectivity index (χ0) is 15.4. The van der Waals surface area contributed by atoms with Crippen molar-refractivity contribution >= 4 is 29.2 Å². The number of hydrogen-bond donors (Lipinski definition) is 0. The molecule has 3 rings (SSSR count). The second-order valence-electron chi connectivity index (χ2n) is 4.45. The quantitative estimate of drug-likeness (QED) is 0.482. The molecular weight excluding hydrogens is 304 g/mol. The van der Waals surface area contributed by atoms with Gasteiger partial charge in [0.1, 0.15) is 0 Å². The summed E-state index contributed by atoms with van der Waals surface area (Å²) in [6.07, 6.45) is 2.96. The first-order valence-electron chi connectivity index (χ1n) is 6.53. The molecule has 0 spiro atoms. The Hall–Kier alpha value is -2.60. The van der Waals surface area contributed by atoms with Crippen LogP contribution in [0.1, 0.15) is 15.2 Å². The van der Waals surface area contributed by atoms with Crippen molar-refractivity contribution in [3.05, 3.63) is 52.2 Å². The smallest absolute Gasteiger partial charge is 0.331 e. The summed E-state index contributed by atoms with van der Waals surface area (Å²) in [7, 11) is 0. The number of ketones is 1. The van der Waals surface area contributed by atoms with Gasteiger partial charge in [-0.15, -0.1) is 11.3 Å². The highest BCUT2D eigenvalue weighted by atomic mass is 32.1. The normalized spacial score (nSPS) is 12.5. The summed E-state index contributed by atoms with van der Waals surface area (Å²) in [5, 5.41) is 1.91. The van der Waals surface area contributed by atoms with Crippen LogP contribution < -0.4 is 9.47 Å². The first kappa shape index (κ1) is 14.3. The molecule has 2 heterocycles. The molecule has 1 aromatic carbocycles. The van der Waals surface area contributed by atoms with Gasteiger partial charge in [-0.05, 0) is 35.7 Å². The number of esters is 1. The van der Waals surface area contributed by atoms with Gasteiger partial charge in [0, 0.05) is 16.5 Å². The van der Waals surface area contributed by atoms with Crippen LogP contribution in [0.5, 0.6) is 11.5 Å². The molecule has 112 valence electrons. The lowest BCUT2D eigenvalue weighted by atomic mass is 10.1. The summed E-state index contributed by atoms with van der Waals surface area (Å²) >= 11 is 1.51. The third-order valence-corrected chi connectivity index (χ3v) is 3.80. The highest BCUT2D eigenvalue weighted by molar-refractivity contribution is 7.10.